The van der Waals surface area contributed by atoms with Crippen LogP contribution in [0.25, 0.3) is 11.0 Å². The Kier molecular flexibility index (Phi) is 6.26. The number of methoxy groups -OCH3 is 2. The van der Waals surface area contributed by atoms with Crippen molar-refractivity contribution in [2.75, 3.05) is 25.7 Å². The summed E-state index contributed by atoms with van der Waals surface area (Å²) in [4.78, 5) is 32.5. The number of benzene rings is 2. The predicted molar refractivity (Wildman–Crippen MR) is 126 cm³/mol. The van der Waals surface area contributed by atoms with Gasteiger partial charge in [0, 0.05) is 26.1 Å². The quantitative estimate of drug-likeness (QED) is 0.596. The summed E-state index contributed by atoms with van der Waals surface area (Å²) < 4.78 is 12.7. The van der Waals surface area contributed by atoms with E-state index in [0.29, 0.717) is 23.7 Å². The van der Waals surface area contributed by atoms with E-state index in [1.807, 2.05) is 35.9 Å². The first-order valence-corrected chi connectivity index (χ1v) is 11.1. The number of anilines is 1. The number of amides is 2. The van der Waals surface area contributed by atoms with Crippen LogP contribution in [-0.4, -0.2) is 42.1 Å². The van der Waals surface area contributed by atoms with Crippen molar-refractivity contribution in [3.05, 3.63) is 48.3 Å². The Hall–Kier alpha value is -3.55. The first kappa shape index (κ1) is 22.6. The van der Waals surface area contributed by atoms with Crippen molar-refractivity contribution in [3.63, 3.8) is 0 Å². The zero-order valence-electron chi connectivity index (χ0n) is 19.7. The van der Waals surface area contributed by atoms with Gasteiger partial charge in [-0.1, -0.05) is 26.0 Å². The molecule has 1 saturated heterocycles. The molecule has 174 valence electrons. The minimum Gasteiger partial charge on any atom is -0.497 e. The second kappa shape index (κ2) is 9.13. The molecule has 1 aliphatic rings. The fraction of sp³-hybridized carbons (Fsp3) is 0.400. The molecular weight excluding hydrogens is 420 g/mol. The van der Waals surface area contributed by atoms with Gasteiger partial charge in [-0.05, 0) is 30.2 Å². The zero-order chi connectivity index (χ0) is 23.7. The minimum atomic E-state index is -0.458. The van der Waals surface area contributed by atoms with Gasteiger partial charge in [0.1, 0.15) is 17.3 Å². The van der Waals surface area contributed by atoms with Gasteiger partial charge >= 0.3 is 0 Å². The van der Waals surface area contributed by atoms with E-state index in [0.717, 1.165) is 16.9 Å². The maximum Gasteiger partial charge on any atom is 0.227 e. The highest BCUT2D eigenvalue weighted by Gasteiger charge is 2.38. The average molecular weight is 451 g/mol. The molecule has 2 amide bonds. The van der Waals surface area contributed by atoms with Crippen LogP contribution in [0.15, 0.2) is 42.5 Å². The van der Waals surface area contributed by atoms with Gasteiger partial charge < -0.3 is 24.3 Å². The van der Waals surface area contributed by atoms with Crippen molar-refractivity contribution in [3.8, 4) is 11.5 Å². The van der Waals surface area contributed by atoms with Crippen molar-refractivity contribution in [2.45, 2.75) is 26.3 Å². The summed E-state index contributed by atoms with van der Waals surface area (Å²) in [6, 6.07) is 12.9. The highest BCUT2D eigenvalue weighted by molar-refractivity contribution is 6.01. The molecule has 1 aliphatic heterocycles. The van der Waals surface area contributed by atoms with Gasteiger partial charge in [-0.2, -0.15) is 0 Å². The third-order valence-electron chi connectivity index (χ3n) is 6.24. The number of nitrogens with one attached hydrogen (secondary N) is 1. The van der Waals surface area contributed by atoms with Gasteiger partial charge in [0.25, 0.3) is 0 Å². The normalized spacial score (nSPS) is 17.0. The van der Waals surface area contributed by atoms with E-state index in [-0.39, 0.29) is 30.2 Å². The van der Waals surface area contributed by atoms with E-state index < -0.39 is 5.92 Å². The summed E-state index contributed by atoms with van der Waals surface area (Å²) in [5.41, 5.74) is 2.54. The number of aryl methyl sites for hydroxylation is 1. The monoisotopic (exact) mass is 450 g/mol. The van der Waals surface area contributed by atoms with Gasteiger partial charge in [0.2, 0.25) is 11.8 Å². The number of hydrogen-bond acceptors (Lipinski definition) is 5. The number of nitrogens with zero attached hydrogens (tertiary/aromatic N) is 3. The van der Waals surface area contributed by atoms with E-state index in [2.05, 4.69) is 19.2 Å². The molecule has 33 heavy (non-hydrogen) atoms. The van der Waals surface area contributed by atoms with Crippen LogP contribution >= 0.6 is 0 Å². The number of rotatable bonds is 7. The molecule has 4 rings (SSSR count). The number of fused-ring (bicyclic) bond motifs is 1. The molecule has 0 unspecified atom stereocenters. The molecule has 0 bridgehead atoms. The molecule has 1 N–H and O–H groups in total. The lowest BCUT2D eigenvalue weighted by molar-refractivity contribution is -0.127. The van der Waals surface area contributed by atoms with Gasteiger partial charge in [0.05, 0.1) is 42.9 Å². The SMILES string of the molecule is COc1ccc(N2C[C@@H](C(=O)N[C@H](c3nc4ccccc4n3C)C(C)C)CC2=O)c(OC)c1. The summed E-state index contributed by atoms with van der Waals surface area (Å²) in [6.07, 6.45) is 0.147. The van der Waals surface area contributed by atoms with E-state index in [9.17, 15) is 9.59 Å². The zero-order valence-corrected chi connectivity index (χ0v) is 19.7. The third kappa shape index (κ3) is 4.25. The minimum absolute atomic E-state index is 0.109. The Balaban J connectivity index is 1.54. The smallest absolute Gasteiger partial charge is 0.227 e. The molecule has 8 heteroatoms. The Labute approximate surface area is 193 Å². The van der Waals surface area contributed by atoms with Crippen LogP contribution in [0.4, 0.5) is 5.69 Å². The molecule has 0 aliphatic carbocycles. The molecule has 1 fully saturated rings. The molecule has 2 heterocycles. The fourth-order valence-corrected chi connectivity index (χ4v) is 4.37. The molecule has 0 radical (unpaired) electrons. The highest BCUT2D eigenvalue weighted by atomic mass is 16.5. The van der Waals surface area contributed by atoms with Crippen LogP contribution in [0.3, 0.4) is 0 Å². The highest BCUT2D eigenvalue weighted by Crippen LogP contribution is 2.36. The van der Waals surface area contributed by atoms with Gasteiger partial charge in [-0.15, -0.1) is 0 Å². The third-order valence-corrected chi connectivity index (χ3v) is 6.24. The Morgan fingerprint density at radius 2 is 1.91 bits per heavy atom. The first-order valence-electron chi connectivity index (χ1n) is 11.1. The molecule has 3 aromatic rings. The maximum absolute atomic E-state index is 13.3. The second-order valence-electron chi connectivity index (χ2n) is 8.69. The summed E-state index contributed by atoms with van der Waals surface area (Å²) in [5, 5.41) is 3.16. The standard InChI is InChI=1S/C25H30N4O4/c1-15(2)23(24-26-18-8-6-7-9-19(18)28(24)3)27-25(31)16-12-22(30)29(14-16)20-11-10-17(32-4)13-21(20)33-5/h6-11,13,15-16,23H,12,14H2,1-5H3,(H,27,31)/t16-,23-/m0/s1. The lowest BCUT2D eigenvalue weighted by atomic mass is 10.0. The Morgan fingerprint density at radius 1 is 1.15 bits per heavy atom. The summed E-state index contributed by atoms with van der Waals surface area (Å²) >= 11 is 0. The van der Waals surface area contributed by atoms with Crippen molar-refractivity contribution >= 4 is 28.5 Å². The van der Waals surface area contributed by atoms with E-state index in [1.165, 1.54) is 0 Å². The molecule has 2 aromatic carbocycles. The lowest BCUT2D eigenvalue weighted by Crippen LogP contribution is -2.38. The van der Waals surface area contributed by atoms with E-state index >= 15 is 0 Å². The van der Waals surface area contributed by atoms with Crippen LogP contribution in [0.2, 0.25) is 0 Å². The van der Waals surface area contributed by atoms with Crippen molar-refractivity contribution in [2.24, 2.45) is 18.9 Å². The summed E-state index contributed by atoms with van der Waals surface area (Å²) in [7, 11) is 5.08. The van der Waals surface area contributed by atoms with Gasteiger partial charge in [-0.25, -0.2) is 4.98 Å². The number of carbonyl (C=O) groups excluding carboxylic acids is 2. The molecule has 2 atom stereocenters. The number of hydrogen-bond donors (Lipinski definition) is 1. The first-order chi connectivity index (χ1) is 15.8. The fourth-order valence-electron chi connectivity index (χ4n) is 4.37. The van der Waals surface area contributed by atoms with Gasteiger partial charge in [-0.3, -0.25) is 9.59 Å². The molecule has 8 nitrogen and oxygen atoms in total. The van der Waals surface area contributed by atoms with Crippen LogP contribution in [-0.2, 0) is 16.6 Å². The maximum atomic E-state index is 13.3. The molecule has 0 saturated carbocycles. The number of imidazole rings is 1. The van der Waals surface area contributed by atoms with E-state index in [1.54, 1.807) is 37.3 Å². The molecule has 1 aromatic heterocycles. The van der Waals surface area contributed by atoms with Crippen molar-refractivity contribution < 1.29 is 19.1 Å². The molecule has 0 spiro atoms. The van der Waals surface area contributed by atoms with Crippen LogP contribution < -0.4 is 19.7 Å². The van der Waals surface area contributed by atoms with Crippen molar-refractivity contribution in [1.29, 1.82) is 0 Å². The summed E-state index contributed by atoms with van der Waals surface area (Å²) in [6.45, 7) is 4.40. The average Bonchev–Trinajstić information content (AvgIpc) is 3.36. The van der Waals surface area contributed by atoms with Crippen LogP contribution in [0.5, 0.6) is 11.5 Å². The Bertz CT molecular complexity index is 1190. The van der Waals surface area contributed by atoms with Crippen molar-refractivity contribution in [1.82, 2.24) is 14.9 Å². The molecular formula is C25H30N4O4. The topological polar surface area (TPSA) is 85.7 Å². The second-order valence-corrected chi connectivity index (χ2v) is 8.69. The number of para-hydroxylation sites is 2. The van der Waals surface area contributed by atoms with Crippen LogP contribution in [0, 0.1) is 11.8 Å². The van der Waals surface area contributed by atoms with E-state index in [4.69, 9.17) is 14.5 Å². The Morgan fingerprint density at radius 3 is 2.58 bits per heavy atom. The summed E-state index contributed by atoms with van der Waals surface area (Å²) in [5.74, 6) is 1.38. The largest absolute Gasteiger partial charge is 0.497 e. The lowest BCUT2D eigenvalue weighted by Gasteiger charge is -2.24. The number of carbonyl (C=O) groups is 2. The van der Waals surface area contributed by atoms with Gasteiger partial charge in [0.15, 0.2) is 0 Å². The number of ether oxygens (including phenoxy) is 2. The predicted octanol–water partition coefficient (Wildman–Crippen LogP) is 3.46. The number of aromatic nitrogens is 2. The van der Waals surface area contributed by atoms with Crippen LogP contribution in [0.1, 0.15) is 32.1 Å².